The van der Waals surface area contributed by atoms with Gasteiger partial charge in [-0.3, -0.25) is 18.7 Å². The highest BCUT2D eigenvalue weighted by Crippen LogP contribution is 2.33. The second kappa shape index (κ2) is 8.55. The molecule has 2 aromatic heterocycles. The summed E-state index contributed by atoms with van der Waals surface area (Å²) in [5.74, 6) is 1.01. The van der Waals surface area contributed by atoms with Crippen molar-refractivity contribution in [2.24, 2.45) is 14.1 Å². The summed E-state index contributed by atoms with van der Waals surface area (Å²) >= 11 is 1.24. The lowest BCUT2D eigenvalue weighted by Crippen LogP contribution is -2.38. The van der Waals surface area contributed by atoms with Gasteiger partial charge in [-0.1, -0.05) is 61.4 Å². The van der Waals surface area contributed by atoms with Crippen molar-refractivity contribution in [3.63, 3.8) is 0 Å². The van der Waals surface area contributed by atoms with Crippen LogP contribution in [0.1, 0.15) is 54.2 Å². The molecule has 2 heterocycles. The van der Waals surface area contributed by atoms with Gasteiger partial charge in [0.05, 0.1) is 5.75 Å². The minimum Gasteiger partial charge on any atom is -0.293 e. The van der Waals surface area contributed by atoms with Crippen LogP contribution in [0.3, 0.4) is 0 Å². The van der Waals surface area contributed by atoms with Crippen LogP contribution in [0.4, 0.5) is 0 Å². The molecule has 0 saturated heterocycles. The number of rotatable bonds is 5. The highest BCUT2D eigenvalue weighted by Gasteiger charge is 2.23. The first-order chi connectivity index (χ1) is 14.5. The molecule has 1 aromatic carbocycles. The third kappa shape index (κ3) is 3.84. The quantitative estimate of drug-likeness (QED) is 0.355. The molecule has 1 fully saturated rings. The van der Waals surface area contributed by atoms with E-state index in [0.717, 1.165) is 30.3 Å². The van der Waals surface area contributed by atoms with Gasteiger partial charge in [0.2, 0.25) is 0 Å². The number of ketones is 1. The maximum absolute atomic E-state index is 12.9. The minimum atomic E-state index is -0.432. The van der Waals surface area contributed by atoms with Crippen molar-refractivity contribution < 1.29 is 4.79 Å². The normalized spacial score (nSPS) is 14.9. The van der Waals surface area contributed by atoms with Crippen LogP contribution in [0.5, 0.6) is 0 Å². The summed E-state index contributed by atoms with van der Waals surface area (Å²) in [6, 6.07) is 9.06. The van der Waals surface area contributed by atoms with Gasteiger partial charge in [0.25, 0.3) is 5.56 Å². The molecular formula is C22H24N4O3S. The molecule has 3 aromatic rings. The van der Waals surface area contributed by atoms with E-state index < -0.39 is 11.2 Å². The van der Waals surface area contributed by atoms with Crippen LogP contribution < -0.4 is 11.2 Å². The van der Waals surface area contributed by atoms with E-state index in [1.54, 1.807) is 19.2 Å². The summed E-state index contributed by atoms with van der Waals surface area (Å²) in [6.45, 7) is 0. The summed E-state index contributed by atoms with van der Waals surface area (Å²) in [6.07, 6.45) is 5.44. The molecule has 156 valence electrons. The zero-order chi connectivity index (χ0) is 21.3. The van der Waals surface area contributed by atoms with E-state index in [1.165, 1.54) is 29.8 Å². The van der Waals surface area contributed by atoms with Crippen LogP contribution in [-0.2, 0) is 14.1 Å². The van der Waals surface area contributed by atoms with E-state index in [9.17, 15) is 14.4 Å². The second-order valence-corrected chi connectivity index (χ2v) is 8.67. The number of hydrogen-bond acceptors (Lipinski definition) is 6. The molecule has 0 unspecified atom stereocenters. The van der Waals surface area contributed by atoms with Crippen LogP contribution in [0.15, 0.2) is 44.9 Å². The van der Waals surface area contributed by atoms with Gasteiger partial charge in [-0.15, -0.1) is 0 Å². The Morgan fingerprint density at radius 3 is 2.43 bits per heavy atom. The fourth-order valence-corrected chi connectivity index (χ4v) is 4.85. The lowest BCUT2D eigenvalue weighted by atomic mass is 9.89. The average molecular weight is 425 g/mol. The highest BCUT2D eigenvalue weighted by atomic mass is 32.2. The highest BCUT2D eigenvalue weighted by molar-refractivity contribution is 8.00. The van der Waals surface area contributed by atoms with Crippen molar-refractivity contribution in [2.45, 2.75) is 43.0 Å². The first-order valence-corrected chi connectivity index (χ1v) is 11.1. The van der Waals surface area contributed by atoms with Gasteiger partial charge < -0.3 is 0 Å². The number of benzene rings is 1. The summed E-state index contributed by atoms with van der Waals surface area (Å²) in [5, 5.41) is 0.770. The number of carbonyl (C=O) groups is 1. The number of fused-ring (bicyclic) bond motifs is 1. The molecule has 0 aliphatic heterocycles. The van der Waals surface area contributed by atoms with Crippen molar-refractivity contribution in [3.05, 3.63) is 62.6 Å². The predicted molar refractivity (Wildman–Crippen MR) is 117 cm³/mol. The van der Waals surface area contributed by atoms with E-state index >= 15 is 0 Å². The first kappa shape index (κ1) is 20.5. The molecule has 0 amide bonds. The molecule has 1 aliphatic rings. The topological polar surface area (TPSA) is 86.8 Å². The number of aryl methyl sites for hydroxylation is 1. The number of Topliss-reactive ketones (excluding diaryl/α,β-unsaturated/α-hetero) is 1. The fourth-order valence-electron chi connectivity index (χ4n) is 3.93. The summed E-state index contributed by atoms with van der Waals surface area (Å²) < 4.78 is 2.46. The smallest absolute Gasteiger partial charge is 0.293 e. The molecule has 30 heavy (non-hydrogen) atoms. The lowest BCUT2D eigenvalue weighted by molar-refractivity contribution is 0.102. The number of nitrogens with zero attached hydrogens (tertiary/aromatic N) is 4. The van der Waals surface area contributed by atoms with Gasteiger partial charge >= 0.3 is 5.69 Å². The Morgan fingerprint density at radius 1 is 1.03 bits per heavy atom. The average Bonchev–Trinajstić information content (AvgIpc) is 2.80. The number of thioether (sulfide) groups is 1. The van der Waals surface area contributed by atoms with E-state index in [2.05, 4.69) is 4.98 Å². The summed E-state index contributed by atoms with van der Waals surface area (Å²) in [5.41, 5.74) is 0.111. The maximum atomic E-state index is 12.9. The van der Waals surface area contributed by atoms with Crippen LogP contribution in [0, 0.1) is 0 Å². The first-order valence-electron chi connectivity index (χ1n) is 10.2. The minimum absolute atomic E-state index is 0.0341. The van der Waals surface area contributed by atoms with E-state index in [-0.39, 0.29) is 17.5 Å². The molecule has 1 aliphatic carbocycles. The molecule has 0 radical (unpaired) electrons. The summed E-state index contributed by atoms with van der Waals surface area (Å²) in [4.78, 5) is 47.3. The Hall–Kier alpha value is -2.74. The van der Waals surface area contributed by atoms with Crippen molar-refractivity contribution >= 4 is 28.6 Å². The molecule has 1 saturated carbocycles. The maximum Gasteiger partial charge on any atom is 0.332 e. The van der Waals surface area contributed by atoms with Crippen molar-refractivity contribution in [2.75, 3.05) is 5.75 Å². The largest absolute Gasteiger partial charge is 0.332 e. The van der Waals surface area contributed by atoms with Crippen LogP contribution in [0.25, 0.3) is 11.0 Å². The SMILES string of the molecule is Cn1c(=O)c2c(SCC(=O)c3ccccc3)nc(C3CCCCC3)nc2n(C)c1=O. The molecule has 0 spiro atoms. The van der Waals surface area contributed by atoms with Crippen LogP contribution in [0.2, 0.25) is 0 Å². The molecule has 8 heteroatoms. The number of aromatic nitrogens is 4. The van der Waals surface area contributed by atoms with Gasteiger partial charge in [-0.05, 0) is 12.8 Å². The van der Waals surface area contributed by atoms with E-state index in [0.29, 0.717) is 27.4 Å². The molecule has 4 rings (SSSR count). The van der Waals surface area contributed by atoms with E-state index in [1.807, 2.05) is 18.2 Å². The Labute approximate surface area is 178 Å². The third-order valence-corrected chi connectivity index (χ3v) is 6.67. The Balaban J connectivity index is 1.80. The molecule has 0 atom stereocenters. The Kier molecular flexibility index (Phi) is 5.85. The predicted octanol–water partition coefficient (Wildman–Crippen LogP) is 3.05. The van der Waals surface area contributed by atoms with Crippen molar-refractivity contribution in [1.29, 1.82) is 0 Å². The van der Waals surface area contributed by atoms with Gasteiger partial charge in [0.1, 0.15) is 16.2 Å². The standard InChI is InChI=1S/C22H24N4O3S/c1-25-19-17(21(28)26(2)22(25)29)20(24-18(23-19)15-11-7-4-8-12-15)30-13-16(27)14-9-5-3-6-10-14/h3,5-6,9-10,15H,4,7-8,11-13H2,1-2H3. The zero-order valence-corrected chi connectivity index (χ0v) is 17.9. The fraction of sp³-hybridized carbons (Fsp3) is 0.409. The second-order valence-electron chi connectivity index (χ2n) is 7.70. The zero-order valence-electron chi connectivity index (χ0n) is 17.1. The van der Waals surface area contributed by atoms with E-state index in [4.69, 9.17) is 4.98 Å². The molecular weight excluding hydrogens is 400 g/mol. The van der Waals surface area contributed by atoms with Gasteiger partial charge in [-0.25, -0.2) is 14.8 Å². The number of hydrogen-bond donors (Lipinski definition) is 0. The Morgan fingerprint density at radius 2 is 1.73 bits per heavy atom. The number of carbonyl (C=O) groups excluding carboxylic acids is 1. The van der Waals surface area contributed by atoms with Gasteiger partial charge in [0, 0.05) is 25.6 Å². The van der Waals surface area contributed by atoms with Gasteiger partial charge in [-0.2, -0.15) is 0 Å². The molecule has 0 bridgehead atoms. The van der Waals surface area contributed by atoms with Crippen LogP contribution >= 0.6 is 11.8 Å². The monoisotopic (exact) mass is 424 g/mol. The molecule has 7 nitrogen and oxygen atoms in total. The van der Waals surface area contributed by atoms with Crippen molar-refractivity contribution in [3.8, 4) is 0 Å². The van der Waals surface area contributed by atoms with Crippen LogP contribution in [-0.4, -0.2) is 30.6 Å². The molecule has 0 N–H and O–H groups in total. The van der Waals surface area contributed by atoms with Crippen molar-refractivity contribution in [1.82, 2.24) is 19.1 Å². The Bertz CT molecular complexity index is 1210. The summed E-state index contributed by atoms with van der Waals surface area (Å²) in [7, 11) is 3.06. The lowest BCUT2D eigenvalue weighted by Gasteiger charge is -2.21. The third-order valence-electron chi connectivity index (χ3n) is 5.69. The van der Waals surface area contributed by atoms with Gasteiger partial charge in [0.15, 0.2) is 11.4 Å².